The van der Waals surface area contributed by atoms with Gasteiger partial charge in [-0.05, 0) is 42.0 Å². The van der Waals surface area contributed by atoms with Crippen LogP contribution in [0.25, 0.3) is 0 Å². The first-order valence-corrected chi connectivity index (χ1v) is 5.86. The van der Waals surface area contributed by atoms with Gasteiger partial charge in [-0.15, -0.1) is 0 Å². The first-order valence-electron chi connectivity index (χ1n) is 5.86. The molecule has 0 saturated carbocycles. The van der Waals surface area contributed by atoms with Gasteiger partial charge in [-0.1, -0.05) is 12.1 Å². The molecule has 0 fully saturated rings. The summed E-state index contributed by atoms with van der Waals surface area (Å²) in [6.07, 6.45) is 0.397. The molecule has 0 saturated heterocycles. The summed E-state index contributed by atoms with van der Waals surface area (Å²) < 4.78 is 18.2. The number of nitrogens with zero attached hydrogens (tertiary/aromatic N) is 1. The van der Waals surface area contributed by atoms with Crippen LogP contribution in [0, 0.1) is 17.1 Å². The van der Waals surface area contributed by atoms with Crippen molar-refractivity contribution in [2.24, 2.45) is 0 Å². The van der Waals surface area contributed by atoms with Gasteiger partial charge in [0.2, 0.25) is 0 Å². The van der Waals surface area contributed by atoms with Crippen molar-refractivity contribution < 1.29 is 9.13 Å². The van der Waals surface area contributed by atoms with Gasteiger partial charge in [0.1, 0.15) is 11.6 Å². The second-order valence-electron chi connectivity index (χ2n) is 3.95. The van der Waals surface area contributed by atoms with Gasteiger partial charge < -0.3 is 10.1 Å². The molecule has 2 aromatic carbocycles. The van der Waals surface area contributed by atoms with E-state index in [1.165, 1.54) is 12.1 Å². The topological polar surface area (TPSA) is 45.0 Å². The number of ether oxygens (including phenoxy) is 1. The lowest BCUT2D eigenvalue weighted by molar-refractivity contribution is 0.347. The van der Waals surface area contributed by atoms with E-state index < -0.39 is 0 Å². The monoisotopic (exact) mass is 256 g/mol. The normalized spacial score (nSPS) is 9.68. The predicted octanol–water partition coefficient (Wildman–Crippen LogP) is 3.34. The molecule has 1 N–H and O–H groups in total. The Labute approximate surface area is 111 Å². The summed E-state index contributed by atoms with van der Waals surface area (Å²) in [6.45, 7) is 0.295. The number of halogens is 1. The molecule has 0 unspecified atom stereocenters. The summed E-state index contributed by atoms with van der Waals surface area (Å²) >= 11 is 0. The lowest BCUT2D eigenvalue weighted by Crippen LogP contribution is -2.08. The van der Waals surface area contributed by atoms with Crippen LogP contribution in [0.4, 0.5) is 10.1 Å². The molecule has 4 heteroatoms. The highest BCUT2D eigenvalue weighted by molar-refractivity contribution is 5.42. The highest BCUT2D eigenvalue weighted by Gasteiger charge is 1.96. The molecule has 3 nitrogen and oxygen atoms in total. The van der Waals surface area contributed by atoms with E-state index in [9.17, 15) is 4.39 Å². The van der Waals surface area contributed by atoms with Crippen LogP contribution in [0.5, 0.6) is 5.75 Å². The van der Waals surface area contributed by atoms with Gasteiger partial charge in [0.15, 0.2) is 6.73 Å². The highest BCUT2D eigenvalue weighted by Crippen LogP contribution is 2.13. The number of benzene rings is 2. The summed E-state index contributed by atoms with van der Waals surface area (Å²) in [5, 5.41) is 11.6. The molecule has 0 aliphatic heterocycles. The second-order valence-corrected chi connectivity index (χ2v) is 3.95. The fraction of sp³-hybridized carbons (Fsp3) is 0.133. The molecule has 0 radical (unpaired) electrons. The van der Waals surface area contributed by atoms with Crippen LogP contribution in [0.1, 0.15) is 5.56 Å². The quantitative estimate of drug-likeness (QED) is 0.834. The molecule has 19 heavy (non-hydrogen) atoms. The van der Waals surface area contributed by atoms with Crippen LogP contribution in [0.2, 0.25) is 0 Å². The van der Waals surface area contributed by atoms with Crippen LogP contribution in [-0.4, -0.2) is 6.73 Å². The SMILES string of the molecule is N#CCc1ccc(OCNc2ccc(F)cc2)cc1. The van der Waals surface area contributed by atoms with E-state index in [2.05, 4.69) is 11.4 Å². The Balaban J connectivity index is 1.82. The minimum atomic E-state index is -0.264. The Morgan fingerprint density at radius 3 is 2.37 bits per heavy atom. The van der Waals surface area contributed by atoms with Crippen LogP contribution >= 0.6 is 0 Å². The minimum absolute atomic E-state index is 0.264. The maximum absolute atomic E-state index is 12.7. The second kappa shape index (κ2) is 6.41. The molecule has 0 spiro atoms. The van der Waals surface area contributed by atoms with Crippen LogP contribution < -0.4 is 10.1 Å². The summed E-state index contributed by atoms with van der Waals surface area (Å²) in [6, 6.07) is 15.5. The number of hydrogen-bond donors (Lipinski definition) is 1. The zero-order chi connectivity index (χ0) is 13.5. The standard InChI is InChI=1S/C15H13FN2O/c16-13-3-5-14(6-4-13)18-11-19-15-7-1-12(2-8-15)9-10-17/h1-8,18H,9,11H2. The Kier molecular flexibility index (Phi) is 4.35. The molecular formula is C15H13FN2O. The molecule has 0 aliphatic carbocycles. The van der Waals surface area contributed by atoms with Crippen LogP contribution in [0.3, 0.4) is 0 Å². The van der Waals surface area contributed by atoms with E-state index >= 15 is 0 Å². The van der Waals surface area contributed by atoms with Gasteiger partial charge in [0.05, 0.1) is 12.5 Å². The third kappa shape index (κ3) is 4.00. The molecule has 2 aromatic rings. The Morgan fingerprint density at radius 2 is 1.74 bits per heavy atom. The van der Waals surface area contributed by atoms with E-state index in [0.717, 1.165) is 17.0 Å². The van der Waals surface area contributed by atoms with Gasteiger partial charge in [-0.2, -0.15) is 5.26 Å². The number of anilines is 1. The first-order chi connectivity index (χ1) is 9.28. The zero-order valence-corrected chi connectivity index (χ0v) is 10.3. The molecule has 96 valence electrons. The molecule has 0 amide bonds. The smallest absolute Gasteiger partial charge is 0.159 e. The van der Waals surface area contributed by atoms with E-state index in [-0.39, 0.29) is 5.82 Å². The maximum Gasteiger partial charge on any atom is 0.159 e. The maximum atomic E-state index is 12.7. The summed E-state index contributed by atoms with van der Waals surface area (Å²) in [5.41, 5.74) is 1.75. The van der Waals surface area contributed by atoms with E-state index in [1.807, 2.05) is 24.3 Å². The van der Waals surface area contributed by atoms with Crippen LogP contribution in [0.15, 0.2) is 48.5 Å². The lowest BCUT2D eigenvalue weighted by atomic mass is 10.2. The Bertz CT molecular complexity index is 558. The lowest BCUT2D eigenvalue weighted by Gasteiger charge is -2.09. The molecule has 0 aromatic heterocycles. The third-order valence-electron chi connectivity index (χ3n) is 2.57. The average molecular weight is 256 g/mol. The minimum Gasteiger partial charge on any atom is -0.473 e. The molecule has 0 atom stereocenters. The number of rotatable bonds is 5. The fourth-order valence-electron chi connectivity index (χ4n) is 1.57. The van der Waals surface area contributed by atoms with Crippen molar-refractivity contribution >= 4 is 5.69 Å². The van der Waals surface area contributed by atoms with Gasteiger partial charge in [0.25, 0.3) is 0 Å². The predicted molar refractivity (Wildman–Crippen MR) is 71.3 cm³/mol. The van der Waals surface area contributed by atoms with Crippen molar-refractivity contribution in [2.75, 3.05) is 12.0 Å². The van der Waals surface area contributed by atoms with Crippen molar-refractivity contribution in [2.45, 2.75) is 6.42 Å². The third-order valence-corrected chi connectivity index (χ3v) is 2.57. The number of nitrogens with one attached hydrogen (secondary N) is 1. The average Bonchev–Trinajstić information content (AvgIpc) is 2.43. The largest absolute Gasteiger partial charge is 0.473 e. The van der Waals surface area contributed by atoms with Gasteiger partial charge in [-0.3, -0.25) is 0 Å². The van der Waals surface area contributed by atoms with Crippen molar-refractivity contribution in [1.82, 2.24) is 0 Å². The molecule has 2 rings (SSSR count). The van der Waals surface area contributed by atoms with Crippen molar-refractivity contribution in [3.63, 3.8) is 0 Å². The molecule has 0 aliphatic rings. The first kappa shape index (κ1) is 12.9. The van der Waals surface area contributed by atoms with E-state index in [4.69, 9.17) is 10.00 Å². The zero-order valence-electron chi connectivity index (χ0n) is 10.3. The van der Waals surface area contributed by atoms with Crippen molar-refractivity contribution in [1.29, 1.82) is 5.26 Å². The Morgan fingerprint density at radius 1 is 1.05 bits per heavy atom. The fourth-order valence-corrected chi connectivity index (χ4v) is 1.57. The summed E-state index contributed by atoms with van der Waals surface area (Å²) in [7, 11) is 0. The van der Waals surface area contributed by atoms with E-state index in [1.54, 1.807) is 12.1 Å². The Hall–Kier alpha value is -2.54. The molecule has 0 heterocycles. The molecule has 0 bridgehead atoms. The molecular weight excluding hydrogens is 243 g/mol. The summed E-state index contributed by atoms with van der Waals surface area (Å²) in [5.74, 6) is 0.454. The van der Waals surface area contributed by atoms with Crippen LogP contribution in [-0.2, 0) is 6.42 Å². The van der Waals surface area contributed by atoms with Crippen molar-refractivity contribution in [3.8, 4) is 11.8 Å². The van der Waals surface area contributed by atoms with Gasteiger partial charge in [0, 0.05) is 5.69 Å². The van der Waals surface area contributed by atoms with E-state index in [0.29, 0.717) is 13.2 Å². The number of nitriles is 1. The van der Waals surface area contributed by atoms with Gasteiger partial charge >= 0.3 is 0 Å². The number of hydrogen-bond acceptors (Lipinski definition) is 3. The van der Waals surface area contributed by atoms with Crippen molar-refractivity contribution in [3.05, 3.63) is 59.9 Å². The highest BCUT2D eigenvalue weighted by atomic mass is 19.1. The summed E-state index contributed by atoms with van der Waals surface area (Å²) in [4.78, 5) is 0. The van der Waals surface area contributed by atoms with Gasteiger partial charge in [-0.25, -0.2) is 4.39 Å².